The summed E-state index contributed by atoms with van der Waals surface area (Å²) in [6.07, 6.45) is 0. The van der Waals surface area contributed by atoms with Crippen LogP contribution in [-0.2, 0) is 4.79 Å². The van der Waals surface area contributed by atoms with Crippen LogP contribution in [0.2, 0.25) is 0 Å². The van der Waals surface area contributed by atoms with Crippen LogP contribution in [0.3, 0.4) is 0 Å². The molecule has 4 heteroatoms. The molecule has 4 N–H and O–H groups in total. The highest BCUT2D eigenvalue weighted by Gasteiger charge is 2.06. The Hall–Kier alpha value is -1.71. The molecule has 0 radical (unpaired) electrons. The summed E-state index contributed by atoms with van der Waals surface area (Å²) in [5.74, 6) is -0.0300. The summed E-state index contributed by atoms with van der Waals surface area (Å²) in [7, 11) is 0. The zero-order valence-electron chi connectivity index (χ0n) is 10.0. The predicted octanol–water partition coefficient (Wildman–Crippen LogP) is 1.51. The SMILES string of the molecule is Cc1cccc(N)c1NCC(=O)NC(C)C. The molecule has 0 saturated carbocycles. The number of amides is 1. The molecule has 0 atom stereocenters. The van der Waals surface area contributed by atoms with E-state index in [4.69, 9.17) is 5.73 Å². The number of anilines is 2. The summed E-state index contributed by atoms with van der Waals surface area (Å²) in [5, 5.41) is 5.86. The van der Waals surface area contributed by atoms with Crippen LogP contribution in [-0.4, -0.2) is 18.5 Å². The molecule has 0 unspecified atom stereocenters. The molecule has 0 aromatic heterocycles. The van der Waals surface area contributed by atoms with Crippen molar-refractivity contribution in [3.63, 3.8) is 0 Å². The summed E-state index contributed by atoms with van der Waals surface area (Å²) < 4.78 is 0. The van der Waals surface area contributed by atoms with Gasteiger partial charge in [-0.2, -0.15) is 0 Å². The average molecular weight is 221 g/mol. The highest BCUT2D eigenvalue weighted by molar-refractivity contribution is 5.83. The van der Waals surface area contributed by atoms with Crippen LogP contribution in [0.5, 0.6) is 0 Å². The molecule has 0 aliphatic rings. The fourth-order valence-corrected chi connectivity index (χ4v) is 1.47. The lowest BCUT2D eigenvalue weighted by atomic mass is 10.1. The summed E-state index contributed by atoms with van der Waals surface area (Å²) in [4.78, 5) is 11.4. The number of carbonyl (C=O) groups excluding carboxylic acids is 1. The number of nitrogens with two attached hydrogens (primary N) is 1. The topological polar surface area (TPSA) is 67.1 Å². The van der Waals surface area contributed by atoms with Gasteiger partial charge in [0, 0.05) is 6.04 Å². The Labute approximate surface area is 96.2 Å². The molecule has 0 heterocycles. The van der Waals surface area contributed by atoms with E-state index in [1.165, 1.54) is 0 Å². The Morgan fingerprint density at radius 2 is 2.12 bits per heavy atom. The quantitative estimate of drug-likeness (QED) is 0.675. The molecule has 0 bridgehead atoms. The summed E-state index contributed by atoms with van der Waals surface area (Å²) in [6.45, 7) is 6.06. The van der Waals surface area contributed by atoms with Crippen LogP contribution in [0.1, 0.15) is 19.4 Å². The smallest absolute Gasteiger partial charge is 0.239 e. The van der Waals surface area contributed by atoms with Gasteiger partial charge in [-0.3, -0.25) is 4.79 Å². The minimum atomic E-state index is -0.0300. The van der Waals surface area contributed by atoms with Crippen molar-refractivity contribution in [3.05, 3.63) is 23.8 Å². The van der Waals surface area contributed by atoms with Crippen molar-refractivity contribution < 1.29 is 4.79 Å². The fourth-order valence-electron chi connectivity index (χ4n) is 1.47. The van der Waals surface area contributed by atoms with Gasteiger partial charge >= 0.3 is 0 Å². The first-order valence-corrected chi connectivity index (χ1v) is 5.39. The first kappa shape index (κ1) is 12.4. The lowest BCUT2D eigenvalue weighted by molar-refractivity contribution is -0.119. The molecule has 0 aliphatic carbocycles. The maximum absolute atomic E-state index is 11.4. The van der Waals surface area contributed by atoms with E-state index in [0.717, 1.165) is 11.3 Å². The van der Waals surface area contributed by atoms with Gasteiger partial charge in [0.1, 0.15) is 0 Å². The van der Waals surface area contributed by atoms with E-state index in [1.807, 2.05) is 39.0 Å². The van der Waals surface area contributed by atoms with Crippen LogP contribution in [0.25, 0.3) is 0 Å². The number of hydrogen-bond acceptors (Lipinski definition) is 3. The normalized spacial score (nSPS) is 10.2. The molecule has 88 valence electrons. The molecule has 16 heavy (non-hydrogen) atoms. The van der Waals surface area contributed by atoms with Crippen molar-refractivity contribution in [1.82, 2.24) is 5.32 Å². The molecule has 1 aromatic carbocycles. The Kier molecular flexibility index (Phi) is 4.17. The summed E-state index contributed by atoms with van der Waals surface area (Å²) in [5.41, 5.74) is 8.35. The Morgan fingerprint density at radius 1 is 1.44 bits per heavy atom. The van der Waals surface area contributed by atoms with Gasteiger partial charge in [-0.25, -0.2) is 0 Å². The number of rotatable bonds is 4. The van der Waals surface area contributed by atoms with Crippen LogP contribution in [0, 0.1) is 6.92 Å². The summed E-state index contributed by atoms with van der Waals surface area (Å²) >= 11 is 0. The van der Waals surface area contributed by atoms with Gasteiger partial charge in [0.25, 0.3) is 0 Å². The fraction of sp³-hybridized carbons (Fsp3) is 0.417. The molecular formula is C12H19N3O. The minimum Gasteiger partial charge on any atom is -0.397 e. The Bertz CT molecular complexity index is 354. The molecule has 0 spiro atoms. The number of carbonyl (C=O) groups is 1. The zero-order chi connectivity index (χ0) is 12.1. The van der Waals surface area contributed by atoms with Gasteiger partial charge in [-0.05, 0) is 32.4 Å². The van der Waals surface area contributed by atoms with Gasteiger partial charge in [0.15, 0.2) is 0 Å². The monoisotopic (exact) mass is 221 g/mol. The van der Waals surface area contributed by atoms with Crippen LogP contribution < -0.4 is 16.4 Å². The number of benzene rings is 1. The van der Waals surface area contributed by atoms with E-state index in [2.05, 4.69) is 10.6 Å². The van der Waals surface area contributed by atoms with E-state index in [9.17, 15) is 4.79 Å². The minimum absolute atomic E-state index is 0.0300. The first-order valence-electron chi connectivity index (χ1n) is 5.39. The van der Waals surface area contributed by atoms with Gasteiger partial charge in [-0.15, -0.1) is 0 Å². The van der Waals surface area contributed by atoms with E-state index in [1.54, 1.807) is 0 Å². The average Bonchev–Trinajstić information content (AvgIpc) is 2.15. The van der Waals surface area contributed by atoms with E-state index >= 15 is 0 Å². The van der Waals surface area contributed by atoms with Crippen LogP contribution in [0.15, 0.2) is 18.2 Å². The molecule has 0 saturated heterocycles. The van der Waals surface area contributed by atoms with Crippen molar-refractivity contribution in [1.29, 1.82) is 0 Å². The number of hydrogen-bond donors (Lipinski definition) is 3. The molecule has 1 aromatic rings. The second kappa shape index (κ2) is 5.39. The maximum atomic E-state index is 11.4. The maximum Gasteiger partial charge on any atom is 0.239 e. The number of aryl methyl sites for hydroxylation is 1. The van der Waals surface area contributed by atoms with E-state index in [-0.39, 0.29) is 18.5 Å². The summed E-state index contributed by atoms with van der Waals surface area (Å²) in [6, 6.07) is 5.82. The molecule has 1 rings (SSSR count). The van der Waals surface area contributed by atoms with E-state index in [0.29, 0.717) is 5.69 Å². The third kappa shape index (κ3) is 3.46. The molecule has 4 nitrogen and oxygen atoms in total. The Balaban J connectivity index is 2.58. The van der Waals surface area contributed by atoms with Gasteiger partial charge in [0.05, 0.1) is 17.9 Å². The van der Waals surface area contributed by atoms with Gasteiger partial charge < -0.3 is 16.4 Å². The molecule has 0 fully saturated rings. The van der Waals surface area contributed by atoms with Crippen LogP contribution >= 0.6 is 0 Å². The van der Waals surface area contributed by atoms with Crippen molar-refractivity contribution in [2.45, 2.75) is 26.8 Å². The predicted molar refractivity (Wildman–Crippen MR) is 67.4 cm³/mol. The zero-order valence-corrected chi connectivity index (χ0v) is 10.0. The van der Waals surface area contributed by atoms with Gasteiger partial charge in [-0.1, -0.05) is 12.1 Å². The van der Waals surface area contributed by atoms with Crippen molar-refractivity contribution >= 4 is 17.3 Å². The third-order valence-electron chi connectivity index (χ3n) is 2.18. The standard InChI is InChI=1S/C12H19N3O/c1-8(2)15-11(16)7-14-12-9(3)5-4-6-10(12)13/h4-6,8,14H,7,13H2,1-3H3,(H,15,16). The lowest BCUT2D eigenvalue weighted by Gasteiger charge is -2.13. The highest BCUT2D eigenvalue weighted by atomic mass is 16.1. The van der Waals surface area contributed by atoms with Gasteiger partial charge in [0.2, 0.25) is 5.91 Å². The van der Waals surface area contributed by atoms with Crippen molar-refractivity contribution in [2.24, 2.45) is 0 Å². The highest BCUT2D eigenvalue weighted by Crippen LogP contribution is 2.21. The number of nitrogen functional groups attached to an aromatic ring is 1. The molecule has 0 aliphatic heterocycles. The van der Waals surface area contributed by atoms with Crippen molar-refractivity contribution in [2.75, 3.05) is 17.6 Å². The van der Waals surface area contributed by atoms with E-state index < -0.39 is 0 Å². The first-order chi connectivity index (χ1) is 7.50. The largest absolute Gasteiger partial charge is 0.397 e. The number of para-hydroxylation sites is 1. The van der Waals surface area contributed by atoms with Crippen molar-refractivity contribution in [3.8, 4) is 0 Å². The van der Waals surface area contributed by atoms with Crippen LogP contribution in [0.4, 0.5) is 11.4 Å². The third-order valence-corrected chi connectivity index (χ3v) is 2.18. The molecular weight excluding hydrogens is 202 g/mol. The molecule has 1 amide bonds. The second-order valence-electron chi connectivity index (χ2n) is 4.11. The lowest BCUT2D eigenvalue weighted by Crippen LogP contribution is -2.35. The Morgan fingerprint density at radius 3 is 2.69 bits per heavy atom. The second-order valence-corrected chi connectivity index (χ2v) is 4.11. The number of nitrogens with one attached hydrogen (secondary N) is 2.